The summed E-state index contributed by atoms with van der Waals surface area (Å²) in [5.41, 5.74) is 4.72. The van der Waals surface area contributed by atoms with E-state index < -0.39 is 6.43 Å². The Bertz CT molecular complexity index is 956. The van der Waals surface area contributed by atoms with Crippen molar-refractivity contribution in [1.82, 2.24) is 24.4 Å². The first-order chi connectivity index (χ1) is 11.9. The summed E-state index contributed by atoms with van der Waals surface area (Å²) in [6.45, 7) is 6.35. The maximum Gasteiger partial charge on any atom is 0.297 e. The number of hydrogen-bond donors (Lipinski definition) is 0. The highest BCUT2D eigenvalue weighted by molar-refractivity contribution is 14.1. The largest absolute Gasteiger partial charge is 0.297 e. The zero-order valence-electron chi connectivity index (χ0n) is 14.2. The van der Waals surface area contributed by atoms with Gasteiger partial charge in [0, 0.05) is 23.0 Å². The summed E-state index contributed by atoms with van der Waals surface area (Å²) in [7, 11) is 0. The molecule has 0 radical (unpaired) electrons. The molecule has 3 heterocycles. The Morgan fingerprint density at radius 1 is 1.24 bits per heavy atom. The standard InChI is InChI=1S/C17H18F2IN5/c1-8(2)12-9(3)25(23-15(12)20)11-6-7-24-16(13(11)10-4-5-10)21-22-17(24)14(18)19/h6-8,10,14H,4-5H2,1-3H3. The molecule has 8 heteroatoms. The highest BCUT2D eigenvalue weighted by Gasteiger charge is 2.32. The van der Waals surface area contributed by atoms with Crippen LogP contribution in [0.15, 0.2) is 12.3 Å². The van der Waals surface area contributed by atoms with E-state index in [0.717, 1.165) is 33.5 Å². The average molecular weight is 457 g/mol. The minimum Gasteiger partial charge on any atom is -0.281 e. The number of fused-ring (bicyclic) bond motifs is 1. The lowest BCUT2D eigenvalue weighted by Crippen LogP contribution is -2.07. The van der Waals surface area contributed by atoms with Gasteiger partial charge in [-0.15, -0.1) is 10.2 Å². The second kappa shape index (κ2) is 6.00. The minimum absolute atomic E-state index is 0.307. The van der Waals surface area contributed by atoms with Gasteiger partial charge in [-0.05, 0) is 60.3 Å². The number of alkyl halides is 2. The van der Waals surface area contributed by atoms with Gasteiger partial charge in [0.25, 0.3) is 6.43 Å². The third-order valence-corrected chi connectivity index (χ3v) is 5.52. The third-order valence-electron chi connectivity index (χ3n) is 4.72. The molecule has 3 aromatic rings. The van der Waals surface area contributed by atoms with Gasteiger partial charge in [-0.1, -0.05) is 13.8 Å². The van der Waals surface area contributed by atoms with Crippen LogP contribution in [0.3, 0.4) is 0 Å². The van der Waals surface area contributed by atoms with Crippen molar-refractivity contribution in [2.75, 3.05) is 0 Å². The molecule has 1 aliphatic rings. The highest BCUT2D eigenvalue weighted by atomic mass is 127. The average Bonchev–Trinajstić information content (AvgIpc) is 3.21. The normalized spacial score (nSPS) is 15.0. The van der Waals surface area contributed by atoms with Crippen LogP contribution in [0.1, 0.15) is 67.6 Å². The number of pyridine rings is 1. The lowest BCUT2D eigenvalue weighted by Gasteiger charge is -2.13. The molecule has 1 fully saturated rings. The van der Waals surface area contributed by atoms with Gasteiger partial charge in [0.05, 0.1) is 5.69 Å². The Labute approximate surface area is 157 Å². The van der Waals surface area contributed by atoms with Crippen molar-refractivity contribution >= 4 is 28.2 Å². The predicted molar refractivity (Wildman–Crippen MR) is 98.6 cm³/mol. The van der Waals surface area contributed by atoms with E-state index in [1.807, 2.05) is 10.7 Å². The monoisotopic (exact) mass is 457 g/mol. The van der Waals surface area contributed by atoms with Crippen LogP contribution in [-0.4, -0.2) is 24.4 Å². The lowest BCUT2D eigenvalue weighted by atomic mass is 10.0. The first-order valence-corrected chi connectivity index (χ1v) is 9.39. The molecule has 1 saturated carbocycles. The van der Waals surface area contributed by atoms with Gasteiger partial charge >= 0.3 is 0 Å². The summed E-state index contributed by atoms with van der Waals surface area (Å²) < 4.78 is 30.7. The topological polar surface area (TPSA) is 48.0 Å². The van der Waals surface area contributed by atoms with Crippen LogP contribution in [0.5, 0.6) is 0 Å². The fourth-order valence-electron chi connectivity index (χ4n) is 3.45. The van der Waals surface area contributed by atoms with Gasteiger partial charge in [-0.3, -0.25) is 4.40 Å². The Morgan fingerprint density at radius 2 is 1.96 bits per heavy atom. The SMILES string of the molecule is Cc1c(C(C)C)c(I)nn1-c1ccn2c(C(F)F)nnc2c1C1CC1. The van der Waals surface area contributed by atoms with Gasteiger partial charge in [0.15, 0.2) is 5.65 Å². The van der Waals surface area contributed by atoms with E-state index in [9.17, 15) is 8.78 Å². The van der Waals surface area contributed by atoms with Crippen molar-refractivity contribution in [3.8, 4) is 5.69 Å². The molecule has 0 bridgehead atoms. The second-order valence-electron chi connectivity index (χ2n) is 6.80. The summed E-state index contributed by atoms with van der Waals surface area (Å²) >= 11 is 2.26. The third kappa shape index (κ3) is 2.65. The van der Waals surface area contributed by atoms with E-state index in [1.54, 1.807) is 6.20 Å². The van der Waals surface area contributed by atoms with Gasteiger partial charge in [-0.2, -0.15) is 5.10 Å². The fourth-order valence-corrected chi connectivity index (χ4v) is 4.68. The van der Waals surface area contributed by atoms with Crippen molar-refractivity contribution in [2.24, 2.45) is 0 Å². The Kier molecular flexibility index (Phi) is 4.04. The van der Waals surface area contributed by atoms with Crippen molar-refractivity contribution in [2.45, 2.75) is 51.9 Å². The molecular weight excluding hydrogens is 439 g/mol. The molecule has 0 atom stereocenters. The first-order valence-electron chi connectivity index (χ1n) is 8.31. The number of nitrogens with zero attached hydrogens (tertiary/aromatic N) is 5. The van der Waals surface area contributed by atoms with Crippen LogP contribution in [0, 0.1) is 10.6 Å². The van der Waals surface area contributed by atoms with Crippen molar-refractivity contribution in [3.05, 3.63) is 38.6 Å². The smallest absolute Gasteiger partial charge is 0.281 e. The van der Waals surface area contributed by atoms with Crippen molar-refractivity contribution in [3.63, 3.8) is 0 Å². The summed E-state index contributed by atoms with van der Waals surface area (Å²) in [6.07, 6.45) is 1.06. The lowest BCUT2D eigenvalue weighted by molar-refractivity contribution is 0.139. The predicted octanol–water partition coefficient (Wildman–Crippen LogP) is 4.77. The quantitative estimate of drug-likeness (QED) is 0.531. The second-order valence-corrected chi connectivity index (χ2v) is 7.82. The molecule has 25 heavy (non-hydrogen) atoms. The van der Waals surface area contributed by atoms with E-state index in [0.29, 0.717) is 17.5 Å². The van der Waals surface area contributed by atoms with E-state index in [2.05, 4.69) is 53.6 Å². The number of halogens is 3. The van der Waals surface area contributed by atoms with Crippen LogP contribution >= 0.6 is 22.6 Å². The Morgan fingerprint density at radius 3 is 2.52 bits per heavy atom. The summed E-state index contributed by atoms with van der Waals surface area (Å²) in [5.74, 6) is 0.391. The van der Waals surface area contributed by atoms with Crippen LogP contribution in [0.4, 0.5) is 8.78 Å². The molecule has 132 valence electrons. The van der Waals surface area contributed by atoms with Gasteiger partial charge < -0.3 is 0 Å². The van der Waals surface area contributed by atoms with E-state index in [1.165, 1.54) is 9.96 Å². The van der Waals surface area contributed by atoms with Gasteiger partial charge in [-0.25, -0.2) is 13.5 Å². The molecule has 0 aromatic carbocycles. The van der Waals surface area contributed by atoms with Crippen LogP contribution in [0.25, 0.3) is 11.3 Å². The molecule has 0 saturated heterocycles. The van der Waals surface area contributed by atoms with Gasteiger partial charge in [0.2, 0.25) is 5.82 Å². The summed E-state index contributed by atoms with van der Waals surface area (Å²) in [4.78, 5) is 0. The maximum absolute atomic E-state index is 13.2. The molecular formula is C17H18F2IN5. The van der Waals surface area contributed by atoms with Gasteiger partial charge in [0.1, 0.15) is 3.70 Å². The molecule has 5 nitrogen and oxygen atoms in total. The molecule has 4 rings (SSSR count). The molecule has 0 unspecified atom stereocenters. The van der Waals surface area contributed by atoms with Crippen molar-refractivity contribution in [1.29, 1.82) is 0 Å². The molecule has 1 aliphatic carbocycles. The number of rotatable bonds is 4. The summed E-state index contributed by atoms with van der Waals surface area (Å²) in [6, 6.07) is 1.86. The number of aromatic nitrogens is 5. The summed E-state index contributed by atoms with van der Waals surface area (Å²) in [5, 5.41) is 12.5. The van der Waals surface area contributed by atoms with E-state index >= 15 is 0 Å². The van der Waals surface area contributed by atoms with Crippen LogP contribution < -0.4 is 0 Å². The van der Waals surface area contributed by atoms with Crippen LogP contribution in [-0.2, 0) is 0 Å². The number of hydrogen-bond acceptors (Lipinski definition) is 3. The zero-order chi connectivity index (χ0) is 17.9. The highest BCUT2D eigenvalue weighted by Crippen LogP contribution is 2.45. The first kappa shape index (κ1) is 16.9. The van der Waals surface area contributed by atoms with E-state index in [4.69, 9.17) is 5.10 Å². The molecule has 0 aliphatic heterocycles. The molecule has 0 amide bonds. The van der Waals surface area contributed by atoms with Crippen LogP contribution in [0.2, 0.25) is 0 Å². The molecule has 0 N–H and O–H groups in total. The Hall–Kier alpha value is -1.58. The maximum atomic E-state index is 13.2. The fraction of sp³-hybridized carbons (Fsp3) is 0.471. The minimum atomic E-state index is -2.65. The molecule has 3 aromatic heterocycles. The zero-order valence-corrected chi connectivity index (χ0v) is 16.3. The van der Waals surface area contributed by atoms with Crippen molar-refractivity contribution < 1.29 is 8.78 Å². The van der Waals surface area contributed by atoms with E-state index in [-0.39, 0.29) is 5.82 Å². The molecule has 0 spiro atoms. The Balaban J connectivity index is 1.97.